The van der Waals surface area contributed by atoms with E-state index < -0.39 is 41.5 Å². The molecule has 0 bridgehead atoms. The first-order valence-electron chi connectivity index (χ1n) is 8.95. The van der Waals surface area contributed by atoms with E-state index in [9.17, 15) is 24.5 Å². The van der Waals surface area contributed by atoms with E-state index in [0.29, 0.717) is 6.29 Å². The van der Waals surface area contributed by atoms with Crippen LogP contribution in [0.4, 0.5) is 5.69 Å². The topological polar surface area (TPSA) is 165 Å². The van der Waals surface area contributed by atoms with Gasteiger partial charge in [-0.15, -0.1) is 0 Å². The van der Waals surface area contributed by atoms with Crippen molar-refractivity contribution in [2.75, 3.05) is 0 Å². The second kappa shape index (κ2) is 11.5. The summed E-state index contributed by atoms with van der Waals surface area (Å²) in [6, 6.07) is 3.47. The van der Waals surface area contributed by atoms with Gasteiger partial charge in [-0.3, -0.25) is 24.5 Å². The van der Waals surface area contributed by atoms with Crippen LogP contribution >= 0.6 is 0 Å². The van der Waals surface area contributed by atoms with Crippen molar-refractivity contribution in [1.29, 1.82) is 0 Å². The molecule has 0 spiro atoms. The van der Waals surface area contributed by atoms with Gasteiger partial charge >= 0.3 is 18.1 Å². The summed E-state index contributed by atoms with van der Waals surface area (Å²) in [6.45, 7) is 5.92. The molecule has 0 N–H and O–H groups in total. The third-order valence-electron chi connectivity index (χ3n) is 4.38. The highest BCUT2D eigenvalue weighted by Crippen LogP contribution is 2.33. The number of nitro groups is 1. The molecular weight excluding hydrogens is 418 g/mol. The number of benzene rings is 1. The summed E-state index contributed by atoms with van der Waals surface area (Å²) in [6.07, 6.45) is -2.91. The summed E-state index contributed by atoms with van der Waals surface area (Å²) >= 11 is 0. The first kappa shape index (κ1) is 25.4. The zero-order valence-electron chi connectivity index (χ0n) is 17.1. The van der Waals surface area contributed by atoms with Crippen molar-refractivity contribution in [3.05, 3.63) is 33.9 Å². The number of nitrogens with zero attached hydrogens (tertiary/aromatic N) is 1. The molecule has 1 fully saturated rings. The molecule has 1 saturated heterocycles. The standard InChI is InChI=1S/C18H21NO9.CO2/c1-9-10(2)25-18(17(27-12(4)22)16(9)26-11(3)21)28-15-6-5-14(19(23)24)7-13(15)8-20;2-1-3/h5-10,16-18H,1-4H3;/t9-,10-,16+,17-,18+;/m1./s1. The summed E-state index contributed by atoms with van der Waals surface area (Å²) in [7, 11) is 0. The van der Waals surface area contributed by atoms with Crippen molar-refractivity contribution in [3.63, 3.8) is 0 Å². The molecule has 1 aromatic carbocycles. The normalized spacial score (nSPS) is 24.5. The largest absolute Gasteiger partial charge is 0.460 e. The molecule has 1 aliphatic heterocycles. The third kappa shape index (κ3) is 6.98. The Bertz CT molecular complexity index is 862. The van der Waals surface area contributed by atoms with E-state index in [-0.39, 0.29) is 29.1 Å². The summed E-state index contributed by atoms with van der Waals surface area (Å²) in [5.41, 5.74) is -0.356. The van der Waals surface area contributed by atoms with Gasteiger partial charge in [-0.2, -0.15) is 9.59 Å². The Morgan fingerprint density at radius 3 is 2.16 bits per heavy atom. The van der Waals surface area contributed by atoms with Crippen LogP contribution in [0.5, 0.6) is 5.75 Å². The first-order valence-corrected chi connectivity index (χ1v) is 8.95. The fourth-order valence-corrected chi connectivity index (χ4v) is 2.88. The molecule has 1 aliphatic rings. The number of rotatable bonds is 6. The van der Waals surface area contributed by atoms with E-state index in [2.05, 4.69) is 0 Å². The zero-order valence-corrected chi connectivity index (χ0v) is 17.1. The van der Waals surface area contributed by atoms with E-state index >= 15 is 0 Å². The lowest BCUT2D eigenvalue weighted by Gasteiger charge is -2.43. The molecule has 0 unspecified atom stereocenters. The van der Waals surface area contributed by atoms with Gasteiger partial charge in [0.15, 0.2) is 6.29 Å². The van der Waals surface area contributed by atoms with Gasteiger partial charge in [0.25, 0.3) is 5.69 Å². The molecule has 0 aromatic heterocycles. The van der Waals surface area contributed by atoms with Crippen molar-refractivity contribution < 1.29 is 47.8 Å². The van der Waals surface area contributed by atoms with Crippen LogP contribution in [0, 0.1) is 16.0 Å². The van der Waals surface area contributed by atoms with Gasteiger partial charge in [-0.05, 0) is 13.0 Å². The molecule has 0 radical (unpaired) electrons. The highest BCUT2D eigenvalue weighted by Gasteiger charge is 2.48. The number of non-ortho nitro benzene ring substituents is 1. The van der Waals surface area contributed by atoms with E-state index in [1.807, 2.05) is 0 Å². The average molecular weight is 439 g/mol. The molecule has 31 heavy (non-hydrogen) atoms. The maximum Gasteiger partial charge on any atom is 0.373 e. The minimum atomic E-state index is -1.19. The van der Waals surface area contributed by atoms with Gasteiger partial charge < -0.3 is 18.9 Å². The van der Waals surface area contributed by atoms with Gasteiger partial charge in [0.1, 0.15) is 11.9 Å². The summed E-state index contributed by atoms with van der Waals surface area (Å²) in [5.74, 6) is -1.51. The number of hydrogen-bond donors (Lipinski definition) is 0. The Labute approximate surface area is 176 Å². The molecule has 0 aliphatic carbocycles. The van der Waals surface area contributed by atoms with Gasteiger partial charge in [0.2, 0.25) is 12.4 Å². The van der Waals surface area contributed by atoms with E-state index in [0.717, 1.165) is 6.07 Å². The average Bonchev–Trinajstić information content (AvgIpc) is 2.68. The van der Waals surface area contributed by atoms with Crippen molar-refractivity contribution in [2.45, 2.75) is 52.3 Å². The molecule has 5 atom stereocenters. The number of carbonyl (C=O) groups excluding carboxylic acids is 5. The minimum Gasteiger partial charge on any atom is -0.460 e. The molecule has 0 saturated carbocycles. The molecule has 12 heteroatoms. The molecule has 168 valence electrons. The van der Waals surface area contributed by atoms with E-state index in [1.54, 1.807) is 13.8 Å². The predicted octanol–water partition coefficient (Wildman–Crippen LogP) is 1.45. The highest BCUT2D eigenvalue weighted by molar-refractivity contribution is 5.80. The van der Waals surface area contributed by atoms with Crippen LogP contribution < -0.4 is 4.74 Å². The van der Waals surface area contributed by atoms with Gasteiger partial charge in [-0.1, -0.05) is 6.92 Å². The first-order chi connectivity index (χ1) is 14.5. The van der Waals surface area contributed by atoms with Crippen LogP contribution in [-0.2, 0) is 33.4 Å². The lowest BCUT2D eigenvalue weighted by atomic mass is 9.91. The number of carbonyl (C=O) groups is 3. The number of esters is 2. The Morgan fingerprint density at radius 1 is 1.13 bits per heavy atom. The quantitative estimate of drug-likeness (QED) is 0.272. The van der Waals surface area contributed by atoms with Crippen molar-refractivity contribution in [1.82, 2.24) is 0 Å². The molecular formula is C19H21NO11. The Kier molecular flexibility index (Phi) is 9.45. The van der Waals surface area contributed by atoms with Crippen LogP contribution in [0.2, 0.25) is 0 Å². The fourth-order valence-electron chi connectivity index (χ4n) is 2.88. The van der Waals surface area contributed by atoms with Crippen LogP contribution in [0.3, 0.4) is 0 Å². The SMILES string of the molecule is CC(=O)O[C@H]1[C@H](Oc2ccc([N+](=O)[O-])cc2C=O)O[C@H](C)[C@@H](C)[C@@H]1OC(C)=O.O=C=O. The molecule has 12 nitrogen and oxygen atoms in total. The van der Waals surface area contributed by atoms with Crippen LogP contribution in [-0.4, -0.2) is 53.9 Å². The third-order valence-corrected chi connectivity index (χ3v) is 4.38. The second-order valence-corrected chi connectivity index (χ2v) is 6.52. The lowest BCUT2D eigenvalue weighted by molar-refractivity contribution is -0.384. The number of nitro benzene ring substituents is 1. The molecule has 2 rings (SSSR count). The molecule has 1 aromatic rings. The second-order valence-electron chi connectivity index (χ2n) is 6.52. The zero-order chi connectivity index (χ0) is 23.7. The number of ether oxygens (including phenoxy) is 4. The van der Waals surface area contributed by atoms with Gasteiger partial charge in [-0.25, -0.2) is 0 Å². The summed E-state index contributed by atoms with van der Waals surface area (Å²) in [4.78, 5) is 60.9. The van der Waals surface area contributed by atoms with Crippen LogP contribution in [0.25, 0.3) is 0 Å². The van der Waals surface area contributed by atoms with E-state index in [1.165, 1.54) is 26.0 Å². The Morgan fingerprint density at radius 2 is 1.68 bits per heavy atom. The van der Waals surface area contributed by atoms with Gasteiger partial charge in [0, 0.05) is 31.9 Å². The molecule has 0 amide bonds. The molecule has 1 heterocycles. The van der Waals surface area contributed by atoms with Crippen molar-refractivity contribution >= 4 is 30.1 Å². The maximum absolute atomic E-state index is 11.6. The Balaban J connectivity index is 0.00000151. The van der Waals surface area contributed by atoms with Crippen molar-refractivity contribution in [3.8, 4) is 5.75 Å². The predicted molar refractivity (Wildman–Crippen MR) is 98.7 cm³/mol. The van der Waals surface area contributed by atoms with Crippen molar-refractivity contribution in [2.24, 2.45) is 5.92 Å². The number of hydrogen-bond acceptors (Lipinski definition) is 11. The minimum absolute atomic E-state index is 0.00563. The Hall–Kier alpha value is -3.63. The highest BCUT2D eigenvalue weighted by atomic mass is 16.7. The lowest BCUT2D eigenvalue weighted by Crippen LogP contribution is -2.57. The fraction of sp³-hybridized carbons (Fsp3) is 0.474. The number of aldehydes is 1. The van der Waals surface area contributed by atoms with E-state index in [4.69, 9.17) is 28.5 Å². The summed E-state index contributed by atoms with van der Waals surface area (Å²) < 4.78 is 22.1. The monoisotopic (exact) mass is 439 g/mol. The van der Waals surface area contributed by atoms with Crippen LogP contribution in [0.1, 0.15) is 38.1 Å². The summed E-state index contributed by atoms with van der Waals surface area (Å²) in [5, 5.41) is 10.9. The maximum atomic E-state index is 11.6. The van der Waals surface area contributed by atoms with Gasteiger partial charge in [0.05, 0.1) is 16.6 Å². The smallest absolute Gasteiger partial charge is 0.373 e. The van der Waals surface area contributed by atoms with Crippen LogP contribution in [0.15, 0.2) is 18.2 Å².